The van der Waals surface area contributed by atoms with Crippen molar-refractivity contribution in [3.8, 4) is 0 Å². The van der Waals surface area contributed by atoms with Crippen molar-refractivity contribution in [2.24, 2.45) is 11.3 Å². The Kier molecular flexibility index (Phi) is 4.52. The van der Waals surface area contributed by atoms with Crippen LogP contribution in [-0.2, 0) is 4.79 Å². The number of carbonyl (C=O) groups is 2. The second-order valence-corrected chi connectivity index (χ2v) is 6.38. The van der Waals surface area contributed by atoms with E-state index >= 15 is 0 Å². The van der Waals surface area contributed by atoms with Gasteiger partial charge < -0.3 is 10.0 Å². The van der Waals surface area contributed by atoms with Gasteiger partial charge in [0.05, 0.1) is 16.0 Å². The second kappa shape index (κ2) is 6.02. The number of aliphatic carboxylic acids is 1. The number of amides is 1. The molecule has 1 N–H and O–H groups in total. The van der Waals surface area contributed by atoms with Gasteiger partial charge in [-0.2, -0.15) is 0 Å². The van der Waals surface area contributed by atoms with E-state index in [9.17, 15) is 14.7 Å². The number of hydrogen-bond acceptors (Lipinski definition) is 3. The van der Waals surface area contributed by atoms with Crippen molar-refractivity contribution in [2.75, 3.05) is 13.1 Å². The Labute approximate surface area is 128 Å². The van der Waals surface area contributed by atoms with Gasteiger partial charge in [-0.3, -0.25) is 14.6 Å². The van der Waals surface area contributed by atoms with Crippen molar-refractivity contribution in [1.29, 1.82) is 0 Å². The molecule has 0 aromatic carbocycles. The van der Waals surface area contributed by atoms with Crippen LogP contribution in [0, 0.1) is 11.3 Å². The number of piperidine rings is 1. The van der Waals surface area contributed by atoms with E-state index in [-0.39, 0.29) is 11.8 Å². The molecule has 1 saturated heterocycles. The maximum Gasteiger partial charge on any atom is 0.309 e. The van der Waals surface area contributed by atoms with Crippen LogP contribution >= 0.6 is 11.6 Å². The van der Waals surface area contributed by atoms with E-state index < -0.39 is 11.4 Å². The van der Waals surface area contributed by atoms with Gasteiger partial charge in [-0.15, -0.1) is 0 Å². The minimum Gasteiger partial charge on any atom is -0.481 e. The summed E-state index contributed by atoms with van der Waals surface area (Å²) in [5, 5.41) is 9.67. The highest BCUT2D eigenvalue weighted by Crippen LogP contribution is 2.34. The lowest BCUT2D eigenvalue weighted by atomic mass is 9.74. The van der Waals surface area contributed by atoms with Crippen LogP contribution in [0.1, 0.15) is 37.0 Å². The molecule has 2 heterocycles. The fourth-order valence-electron chi connectivity index (χ4n) is 2.64. The lowest BCUT2D eigenvalue weighted by molar-refractivity contribution is -0.151. The Morgan fingerprint density at radius 1 is 1.48 bits per heavy atom. The Hall–Kier alpha value is -1.62. The Morgan fingerprint density at radius 3 is 2.81 bits per heavy atom. The normalized spacial score (nSPS) is 19.4. The minimum atomic E-state index is -0.846. The maximum atomic E-state index is 12.5. The van der Waals surface area contributed by atoms with Crippen molar-refractivity contribution < 1.29 is 14.7 Å². The first-order valence-electron chi connectivity index (χ1n) is 6.96. The highest BCUT2D eigenvalue weighted by atomic mass is 35.5. The summed E-state index contributed by atoms with van der Waals surface area (Å²) in [5.41, 5.74) is -0.429. The molecule has 114 valence electrons. The van der Waals surface area contributed by atoms with Gasteiger partial charge in [-0.05, 0) is 38.7 Å². The zero-order valence-corrected chi connectivity index (χ0v) is 12.9. The number of carboxylic acids is 1. The lowest BCUT2D eigenvalue weighted by Crippen LogP contribution is -2.46. The molecular weight excluding hydrogens is 292 g/mol. The highest BCUT2D eigenvalue weighted by molar-refractivity contribution is 6.33. The second-order valence-electron chi connectivity index (χ2n) is 5.97. The number of hydrogen-bond donors (Lipinski definition) is 1. The van der Waals surface area contributed by atoms with Gasteiger partial charge >= 0.3 is 5.97 Å². The number of aromatic nitrogens is 1. The van der Waals surface area contributed by atoms with E-state index in [1.807, 2.05) is 0 Å². The van der Waals surface area contributed by atoms with Crippen LogP contribution in [0.3, 0.4) is 0 Å². The van der Waals surface area contributed by atoms with Crippen LogP contribution in [0.15, 0.2) is 18.5 Å². The Balaban J connectivity index is 2.17. The largest absolute Gasteiger partial charge is 0.481 e. The Morgan fingerprint density at radius 2 is 2.19 bits per heavy atom. The summed E-state index contributed by atoms with van der Waals surface area (Å²) in [5.74, 6) is -1.05. The van der Waals surface area contributed by atoms with Crippen molar-refractivity contribution in [1.82, 2.24) is 9.88 Å². The van der Waals surface area contributed by atoms with Crippen LogP contribution in [0.2, 0.25) is 5.02 Å². The average molecular weight is 311 g/mol. The third-order valence-electron chi connectivity index (χ3n) is 4.28. The predicted molar refractivity (Wildman–Crippen MR) is 79.3 cm³/mol. The van der Waals surface area contributed by atoms with Gasteiger partial charge in [0.25, 0.3) is 5.91 Å². The van der Waals surface area contributed by atoms with Crippen molar-refractivity contribution in [3.05, 3.63) is 29.0 Å². The summed E-state index contributed by atoms with van der Waals surface area (Å²) in [6, 6.07) is 1.59. The fourth-order valence-corrected chi connectivity index (χ4v) is 2.84. The standard InChI is InChI=1S/C15H19ClN2O3/c1-15(2,14(20)21)10-4-3-7-18(9-10)13(19)11-5-6-17-8-12(11)16/h5-6,8,10H,3-4,7,9H2,1-2H3,(H,20,21). The molecule has 0 saturated carbocycles. The smallest absolute Gasteiger partial charge is 0.309 e. The summed E-state index contributed by atoms with van der Waals surface area (Å²) in [6.07, 6.45) is 4.59. The number of carbonyl (C=O) groups excluding carboxylic acids is 1. The number of pyridine rings is 1. The first-order valence-corrected chi connectivity index (χ1v) is 7.34. The predicted octanol–water partition coefficient (Wildman–Crippen LogP) is 2.70. The van der Waals surface area contributed by atoms with Gasteiger partial charge in [-0.25, -0.2) is 0 Å². The molecule has 5 nitrogen and oxygen atoms in total. The zero-order valence-electron chi connectivity index (χ0n) is 12.2. The van der Waals surface area contributed by atoms with Crippen LogP contribution in [-0.4, -0.2) is 40.0 Å². The third-order valence-corrected chi connectivity index (χ3v) is 4.58. The number of halogens is 1. The van der Waals surface area contributed by atoms with Crippen molar-refractivity contribution in [3.63, 3.8) is 0 Å². The van der Waals surface area contributed by atoms with Crippen LogP contribution in [0.5, 0.6) is 0 Å². The average Bonchev–Trinajstić information content (AvgIpc) is 2.47. The molecule has 1 aliphatic rings. The van der Waals surface area contributed by atoms with E-state index in [1.165, 1.54) is 12.4 Å². The topological polar surface area (TPSA) is 70.5 Å². The molecule has 0 bridgehead atoms. The lowest BCUT2D eigenvalue weighted by Gasteiger charge is -2.39. The summed E-state index contributed by atoms with van der Waals surface area (Å²) in [6.45, 7) is 4.50. The van der Waals surface area contributed by atoms with Crippen molar-refractivity contribution >= 4 is 23.5 Å². The van der Waals surface area contributed by atoms with Crippen LogP contribution in [0.25, 0.3) is 0 Å². The highest BCUT2D eigenvalue weighted by Gasteiger charge is 2.40. The molecular formula is C15H19ClN2O3. The van der Waals surface area contributed by atoms with E-state index in [2.05, 4.69) is 4.98 Å². The van der Waals surface area contributed by atoms with Gasteiger partial charge in [0.1, 0.15) is 0 Å². The van der Waals surface area contributed by atoms with Crippen molar-refractivity contribution in [2.45, 2.75) is 26.7 Å². The number of carboxylic acid groups (broad SMARTS) is 1. The van der Waals surface area contributed by atoms with Gasteiger partial charge in [-0.1, -0.05) is 11.6 Å². The number of rotatable bonds is 3. The first kappa shape index (κ1) is 15.8. The Bertz CT molecular complexity index is 560. The summed E-state index contributed by atoms with van der Waals surface area (Å²) >= 11 is 6.01. The molecule has 1 atom stereocenters. The first-order chi connectivity index (χ1) is 9.84. The summed E-state index contributed by atoms with van der Waals surface area (Å²) in [4.78, 5) is 29.5. The summed E-state index contributed by atoms with van der Waals surface area (Å²) < 4.78 is 0. The minimum absolute atomic E-state index is 0.0617. The van der Waals surface area contributed by atoms with E-state index in [0.717, 1.165) is 12.8 Å². The maximum absolute atomic E-state index is 12.5. The van der Waals surface area contributed by atoms with E-state index in [1.54, 1.807) is 24.8 Å². The molecule has 1 amide bonds. The molecule has 1 aliphatic heterocycles. The number of nitrogens with zero attached hydrogens (tertiary/aromatic N) is 2. The summed E-state index contributed by atoms with van der Waals surface area (Å²) in [7, 11) is 0. The molecule has 0 spiro atoms. The third kappa shape index (κ3) is 3.18. The molecule has 0 radical (unpaired) electrons. The fraction of sp³-hybridized carbons (Fsp3) is 0.533. The van der Waals surface area contributed by atoms with Crippen LogP contribution < -0.4 is 0 Å². The van der Waals surface area contributed by atoms with Gasteiger partial charge in [0, 0.05) is 25.5 Å². The van der Waals surface area contributed by atoms with Crippen LogP contribution in [0.4, 0.5) is 0 Å². The van der Waals surface area contributed by atoms with Gasteiger partial charge in [0.2, 0.25) is 0 Å². The molecule has 1 fully saturated rings. The molecule has 0 aliphatic carbocycles. The quantitative estimate of drug-likeness (QED) is 0.932. The molecule has 1 aromatic rings. The van der Waals surface area contributed by atoms with E-state index in [4.69, 9.17) is 11.6 Å². The SMILES string of the molecule is CC(C)(C(=O)O)C1CCCN(C(=O)c2ccncc2Cl)C1. The van der Waals surface area contributed by atoms with E-state index in [0.29, 0.717) is 23.7 Å². The molecule has 1 aromatic heterocycles. The molecule has 1 unspecified atom stereocenters. The monoisotopic (exact) mass is 310 g/mol. The molecule has 21 heavy (non-hydrogen) atoms. The zero-order chi connectivity index (χ0) is 15.6. The molecule has 2 rings (SSSR count). The number of likely N-dealkylation sites (tertiary alicyclic amines) is 1. The van der Waals surface area contributed by atoms with Gasteiger partial charge in [0.15, 0.2) is 0 Å². The molecule has 6 heteroatoms.